The van der Waals surface area contributed by atoms with Gasteiger partial charge in [0.15, 0.2) is 0 Å². The molecule has 1 N–H and O–H groups in total. The fourth-order valence-electron chi connectivity index (χ4n) is 4.54. The first-order valence-corrected chi connectivity index (χ1v) is 12.2. The van der Waals surface area contributed by atoms with Gasteiger partial charge in [-0.2, -0.15) is 4.39 Å². The summed E-state index contributed by atoms with van der Waals surface area (Å²) in [5.41, 5.74) is 4.22. The summed E-state index contributed by atoms with van der Waals surface area (Å²) in [6.45, 7) is 2.29. The first-order valence-electron chi connectivity index (χ1n) is 11.4. The van der Waals surface area contributed by atoms with E-state index in [0.29, 0.717) is 30.1 Å². The van der Waals surface area contributed by atoms with Gasteiger partial charge in [-0.15, -0.1) is 0 Å². The van der Waals surface area contributed by atoms with Crippen LogP contribution in [0.5, 0.6) is 0 Å². The van der Waals surface area contributed by atoms with Crippen LogP contribution in [0.15, 0.2) is 60.8 Å². The molecule has 36 heavy (non-hydrogen) atoms. The molecule has 1 aliphatic rings. The quantitative estimate of drug-likeness (QED) is 0.304. The summed E-state index contributed by atoms with van der Waals surface area (Å²) in [7, 11) is 0. The largest absolute Gasteiger partial charge is 0.333 e. The Balaban J connectivity index is 1.36. The van der Waals surface area contributed by atoms with Crippen molar-refractivity contribution >= 4 is 46.2 Å². The summed E-state index contributed by atoms with van der Waals surface area (Å²) >= 11 is 12.2. The van der Waals surface area contributed by atoms with Gasteiger partial charge in [0.1, 0.15) is 5.82 Å². The number of carbonyl (C=O) groups excluding carboxylic acids is 1. The normalized spacial score (nSPS) is 13.9. The van der Waals surface area contributed by atoms with Crippen LogP contribution in [0.25, 0.3) is 17.0 Å². The monoisotopic (exact) mass is 526 g/mol. The van der Waals surface area contributed by atoms with Crippen molar-refractivity contribution in [1.29, 1.82) is 0 Å². The van der Waals surface area contributed by atoms with Crippen LogP contribution in [0.2, 0.25) is 10.0 Å². The fourth-order valence-corrected chi connectivity index (χ4v) is 4.89. The van der Waals surface area contributed by atoms with Gasteiger partial charge in [0.05, 0.1) is 10.5 Å². The van der Waals surface area contributed by atoms with Gasteiger partial charge in [-0.05, 0) is 53.1 Å². The zero-order chi connectivity index (χ0) is 25.2. The second kappa shape index (κ2) is 10.4. The highest BCUT2D eigenvalue weighted by Crippen LogP contribution is 2.32. The summed E-state index contributed by atoms with van der Waals surface area (Å²) in [4.78, 5) is 19.1. The summed E-state index contributed by atoms with van der Waals surface area (Å²) in [6, 6.07) is 12.9. The Labute approximate surface area is 216 Å². The molecule has 3 heterocycles. The standard InChI is InChI=1S/C27H22Cl2F2N4O/c28-19-4-5-20-21-16-34(10-1-2-17-3-6-23(30)22(29)12-17)11-8-24(21)35(25(20)14-19)27(36)33-15-18-7-9-32-26(31)13-18/h1-7,9,12-14H,8,10-11,15-16H2,(H,33,36)/b2-1+. The van der Waals surface area contributed by atoms with Crippen LogP contribution < -0.4 is 5.32 Å². The summed E-state index contributed by atoms with van der Waals surface area (Å²) in [5.74, 6) is -1.03. The Morgan fingerprint density at radius 1 is 1.11 bits per heavy atom. The molecule has 1 amide bonds. The number of fused-ring (bicyclic) bond motifs is 3. The highest BCUT2D eigenvalue weighted by Gasteiger charge is 2.26. The zero-order valence-corrected chi connectivity index (χ0v) is 20.7. The number of rotatable bonds is 5. The number of carbonyl (C=O) groups is 1. The molecule has 184 valence electrons. The van der Waals surface area contributed by atoms with Crippen LogP contribution in [0.3, 0.4) is 0 Å². The van der Waals surface area contributed by atoms with Gasteiger partial charge in [0.2, 0.25) is 5.95 Å². The Morgan fingerprint density at radius 2 is 1.97 bits per heavy atom. The van der Waals surface area contributed by atoms with Gasteiger partial charge in [-0.25, -0.2) is 14.2 Å². The van der Waals surface area contributed by atoms with E-state index in [1.54, 1.807) is 28.8 Å². The number of nitrogens with zero attached hydrogens (tertiary/aromatic N) is 3. The number of benzene rings is 2. The summed E-state index contributed by atoms with van der Waals surface area (Å²) in [5, 5.41) is 4.50. The van der Waals surface area contributed by atoms with Crippen molar-refractivity contribution in [3.05, 3.63) is 105 Å². The van der Waals surface area contributed by atoms with Crippen molar-refractivity contribution in [3.63, 3.8) is 0 Å². The predicted octanol–water partition coefficient (Wildman–Crippen LogP) is 6.45. The van der Waals surface area contributed by atoms with Crippen LogP contribution in [0, 0.1) is 11.8 Å². The van der Waals surface area contributed by atoms with Crippen LogP contribution in [-0.4, -0.2) is 33.6 Å². The minimum absolute atomic E-state index is 0.0959. The smallest absolute Gasteiger partial charge is 0.326 e. The van der Waals surface area contributed by atoms with Crippen molar-refractivity contribution in [3.8, 4) is 0 Å². The molecular weight excluding hydrogens is 505 g/mol. The van der Waals surface area contributed by atoms with Gasteiger partial charge in [-0.3, -0.25) is 9.47 Å². The van der Waals surface area contributed by atoms with Gasteiger partial charge >= 0.3 is 6.03 Å². The molecule has 0 fully saturated rings. The lowest BCUT2D eigenvalue weighted by molar-refractivity contribution is 0.240. The molecule has 0 aliphatic carbocycles. The molecule has 5 nitrogen and oxygen atoms in total. The predicted molar refractivity (Wildman–Crippen MR) is 138 cm³/mol. The lowest BCUT2D eigenvalue weighted by Gasteiger charge is -2.27. The van der Waals surface area contributed by atoms with Crippen molar-refractivity contribution in [2.45, 2.75) is 19.5 Å². The Kier molecular flexibility index (Phi) is 7.05. The van der Waals surface area contributed by atoms with Gasteiger partial charge < -0.3 is 5.32 Å². The van der Waals surface area contributed by atoms with Crippen LogP contribution in [0.4, 0.5) is 13.6 Å². The average molecular weight is 527 g/mol. The van der Waals surface area contributed by atoms with Crippen molar-refractivity contribution < 1.29 is 13.6 Å². The highest BCUT2D eigenvalue weighted by molar-refractivity contribution is 6.31. The molecule has 4 aromatic rings. The Morgan fingerprint density at radius 3 is 2.78 bits per heavy atom. The van der Waals surface area contributed by atoms with Gasteiger partial charge in [0.25, 0.3) is 0 Å². The van der Waals surface area contributed by atoms with E-state index in [2.05, 4.69) is 15.2 Å². The van der Waals surface area contributed by atoms with E-state index in [0.717, 1.165) is 34.3 Å². The molecule has 1 aliphatic heterocycles. The molecule has 9 heteroatoms. The molecule has 0 spiro atoms. The summed E-state index contributed by atoms with van der Waals surface area (Å²) in [6.07, 6.45) is 5.98. The van der Waals surface area contributed by atoms with Gasteiger partial charge in [0, 0.05) is 54.9 Å². The van der Waals surface area contributed by atoms with Crippen LogP contribution in [0.1, 0.15) is 22.4 Å². The van der Waals surface area contributed by atoms with E-state index >= 15 is 0 Å². The van der Waals surface area contributed by atoms with Crippen molar-refractivity contribution in [2.24, 2.45) is 0 Å². The topological polar surface area (TPSA) is 50.2 Å². The molecule has 2 aromatic heterocycles. The van der Waals surface area contributed by atoms with E-state index in [4.69, 9.17) is 23.2 Å². The number of aromatic nitrogens is 2. The van der Waals surface area contributed by atoms with E-state index in [1.165, 1.54) is 18.3 Å². The number of amides is 1. The third-order valence-electron chi connectivity index (χ3n) is 6.25. The van der Waals surface area contributed by atoms with E-state index in [9.17, 15) is 13.6 Å². The Hall–Kier alpha value is -3.26. The molecule has 0 bridgehead atoms. The maximum Gasteiger partial charge on any atom is 0.326 e. The SMILES string of the molecule is O=C(NCc1ccnc(F)c1)n1c2c(c3ccc(Cl)cc31)CN(C/C=C/c1ccc(F)c(Cl)c1)CC2. The molecule has 5 rings (SSSR count). The van der Waals surface area contributed by atoms with E-state index in [1.807, 2.05) is 24.3 Å². The van der Waals surface area contributed by atoms with E-state index < -0.39 is 11.8 Å². The van der Waals surface area contributed by atoms with E-state index in [-0.39, 0.29) is 17.6 Å². The average Bonchev–Trinajstić information content (AvgIpc) is 3.17. The first kappa shape index (κ1) is 24.4. The molecule has 0 unspecified atom stereocenters. The maximum atomic E-state index is 13.4. The molecule has 0 radical (unpaired) electrons. The van der Waals surface area contributed by atoms with Gasteiger partial charge in [-0.1, -0.05) is 47.5 Å². The van der Waals surface area contributed by atoms with Crippen LogP contribution >= 0.6 is 23.2 Å². The van der Waals surface area contributed by atoms with Crippen molar-refractivity contribution in [2.75, 3.05) is 13.1 Å². The number of hydrogen-bond donors (Lipinski definition) is 1. The number of nitrogens with one attached hydrogen (secondary N) is 1. The lowest BCUT2D eigenvalue weighted by Crippen LogP contribution is -2.34. The highest BCUT2D eigenvalue weighted by atomic mass is 35.5. The number of halogens is 4. The third kappa shape index (κ3) is 5.14. The van der Waals surface area contributed by atoms with Crippen molar-refractivity contribution in [1.82, 2.24) is 19.8 Å². The molecular formula is C27H22Cl2F2N4O. The Bertz CT molecular complexity index is 1480. The van der Waals surface area contributed by atoms with Crippen LogP contribution in [-0.2, 0) is 19.5 Å². The maximum absolute atomic E-state index is 13.4. The molecule has 0 saturated carbocycles. The molecule has 0 atom stereocenters. The minimum Gasteiger partial charge on any atom is -0.333 e. The number of pyridine rings is 1. The third-order valence-corrected chi connectivity index (χ3v) is 6.77. The zero-order valence-electron chi connectivity index (χ0n) is 19.1. The molecule has 2 aromatic carbocycles. The minimum atomic E-state index is -0.589. The summed E-state index contributed by atoms with van der Waals surface area (Å²) < 4.78 is 28.5. The first-order chi connectivity index (χ1) is 17.4. The second-order valence-corrected chi connectivity index (χ2v) is 9.47. The lowest BCUT2D eigenvalue weighted by atomic mass is 10.0. The fraction of sp³-hybridized carbons (Fsp3) is 0.185. The second-order valence-electron chi connectivity index (χ2n) is 8.63. The molecule has 0 saturated heterocycles. The number of hydrogen-bond acceptors (Lipinski definition) is 3.